The van der Waals surface area contributed by atoms with E-state index >= 15 is 0 Å². The summed E-state index contributed by atoms with van der Waals surface area (Å²) in [4.78, 5) is 26.5. The van der Waals surface area contributed by atoms with Gasteiger partial charge in [0.25, 0.3) is 0 Å². The molecule has 2 aliphatic rings. The normalized spacial score (nSPS) is 17.4. The maximum absolute atomic E-state index is 12.9. The fourth-order valence-electron chi connectivity index (χ4n) is 4.79. The van der Waals surface area contributed by atoms with Crippen LogP contribution in [0.3, 0.4) is 0 Å². The zero-order valence-electron chi connectivity index (χ0n) is 17.7. The minimum atomic E-state index is 0.301. The Morgan fingerprint density at radius 2 is 1.87 bits per heavy atom. The summed E-state index contributed by atoms with van der Waals surface area (Å²) in [6.07, 6.45) is 5.51. The fourth-order valence-corrected chi connectivity index (χ4v) is 4.79. The van der Waals surface area contributed by atoms with E-state index in [1.54, 1.807) is 4.68 Å². The highest BCUT2D eigenvalue weighted by Gasteiger charge is 2.27. The molecule has 156 valence electrons. The average Bonchev–Trinajstić information content (AvgIpc) is 3.14. The first-order valence-corrected chi connectivity index (χ1v) is 10.8. The lowest BCUT2D eigenvalue weighted by molar-refractivity contribution is -0.133. The number of piperidine rings is 1. The van der Waals surface area contributed by atoms with Crippen molar-refractivity contribution in [2.24, 2.45) is 13.0 Å². The molecule has 0 radical (unpaired) electrons. The van der Waals surface area contributed by atoms with Gasteiger partial charge in [-0.3, -0.25) is 9.48 Å². The molecule has 0 atom stereocenters. The monoisotopic (exact) mass is 404 g/mol. The molecule has 2 aliphatic heterocycles. The maximum Gasteiger partial charge on any atom is 0.223 e. The van der Waals surface area contributed by atoms with Crippen molar-refractivity contribution < 1.29 is 4.79 Å². The van der Waals surface area contributed by atoms with Gasteiger partial charge in [-0.05, 0) is 43.2 Å². The Kier molecular flexibility index (Phi) is 4.89. The summed E-state index contributed by atoms with van der Waals surface area (Å²) in [5.41, 5.74) is 3.56. The third-order valence-corrected chi connectivity index (χ3v) is 6.54. The molecule has 30 heavy (non-hydrogen) atoms. The van der Waals surface area contributed by atoms with Gasteiger partial charge in [0, 0.05) is 39.6 Å². The topological polar surface area (TPSA) is 67.2 Å². The number of benzene rings is 1. The van der Waals surface area contributed by atoms with Gasteiger partial charge >= 0.3 is 0 Å². The number of hydrogen-bond acceptors (Lipinski definition) is 5. The molecule has 4 heterocycles. The van der Waals surface area contributed by atoms with E-state index in [4.69, 9.17) is 4.98 Å². The highest BCUT2D eigenvalue weighted by atomic mass is 16.2. The number of aromatic nitrogens is 4. The molecule has 7 nitrogen and oxygen atoms in total. The van der Waals surface area contributed by atoms with Gasteiger partial charge in [-0.25, -0.2) is 9.97 Å². The molecule has 5 rings (SSSR count). The van der Waals surface area contributed by atoms with Gasteiger partial charge in [-0.1, -0.05) is 24.3 Å². The number of fused-ring (bicyclic) bond motifs is 2. The lowest BCUT2D eigenvalue weighted by Crippen LogP contribution is -2.39. The molecule has 0 spiro atoms. The third kappa shape index (κ3) is 3.53. The Labute approximate surface area is 176 Å². The minimum absolute atomic E-state index is 0.301. The minimum Gasteiger partial charge on any atom is -0.356 e. The Bertz CT molecular complexity index is 1080. The summed E-state index contributed by atoms with van der Waals surface area (Å²) in [6.45, 7) is 5.36. The van der Waals surface area contributed by atoms with Gasteiger partial charge in [0.15, 0.2) is 5.65 Å². The van der Waals surface area contributed by atoms with E-state index in [2.05, 4.69) is 39.2 Å². The van der Waals surface area contributed by atoms with Crippen LogP contribution in [0.5, 0.6) is 0 Å². The van der Waals surface area contributed by atoms with Crippen LogP contribution in [0.15, 0.2) is 30.5 Å². The van der Waals surface area contributed by atoms with Gasteiger partial charge in [-0.15, -0.1) is 0 Å². The van der Waals surface area contributed by atoms with Crippen LogP contribution in [0.2, 0.25) is 0 Å². The van der Waals surface area contributed by atoms with Crippen molar-refractivity contribution in [3.8, 4) is 0 Å². The first-order valence-electron chi connectivity index (χ1n) is 10.8. The van der Waals surface area contributed by atoms with Crippen LogP contribution in [-0.4, -0.2) is 50.2 Å². The molecule has 3 aromatic rings. The molecule has 0 aliphatic carbocycles. The molecule has 0 bridgehead atoms. The molecule has 1 saturated heterocycles. The van der Waals surface area contributed by atoms with Crippen molar-refractivity contribution in [2.75, 3.05) is 24.5 Å². The summed E-state index contributed by atoms with van der Waals surface area (Å²) in [5, 5.41) is 5.36. The molecule has 7 heteroatoms. The van der Waals surface area contributed by atoms with E-state index in [0.29, 0.717) is 18.2 Å². The second-order valence-corrected chi connectivity index (χ2v) is 8.57. The lowest BCUT2D eigenvalue weighted by atomic mass is 9.92. The molecule has 2 aromatic heterocycles. The van der Waals surface area contributed by atoms with Crippen LogP contribution in [0.1, 0.15) is 36.2 Å². The van der Waals surface area contributed by atoms with Crippen molar-refractivity contribution in [1.29, 1.82) is 0 Å². The Hall–Kier alpha value is -2.96. The lowest BCUT2D eigenvalue weighted by Gasteiger charge is -2.35. The quantitative estimate of drug-likeness (QED) is 0.672. The largest absolute Gasteiger partial charge is 0.356 e. The van der Waals surface area contributed by atoms with E-state index in [1.165, 1.54) is 11.1 Å². The zero-order valence-corrected chi connectivity index (χ0v) is 17.7. The van der Waals surface area contributed by atoms with Crippen molar-refractivity contribution in [3.63, 3.8) is 0 Å². The molecular formula is C23H28N6O. The third-order valence-electron chi connectivity index (χ3n) is 6.54. The maximum atomic E-state index is 12.9. The summed E-state index contributed by atoms with van der Waals surface area (Å²) in [6, 6.07) is 8.48. The van der Waals surface area contributed by atoms with E-state index in [9.17, 15) is 4.79 Å². The molecular weight excluding hydrogens is 376 g/mol. The molecule has 1 amide bonds. The zero-order chi connectivity index (χ0) is 20.7. The molecule has 0 N–H and O–H groups in total. The predicted molar refractivity (Wildman–Crippen MR) is 116 cm³/mol. The fraction of sp³-hybridized carbons (Fsp3) is 0.478. The second kappa shape index (κ2) is 7.70. The number of amides is 1. The number of carbonyl (C=O) groups is 1. The van der Waals surface area contributed by atoms with Gasteiger partial charge in [0.2, 0.25) is 5.91 Å². The summed E-state index contributed by atoms with van der Waals surface area (Å²) >= 11 is 0. The van der Waals surface area contributed by atoms with Crippen LogP contribution < -0.4 is 4.90 Å². The number of rotatable bonds is 3. The highest BCUT2D eigenvalue weighted by molar-refractivity contribution is 5.87. The Morgan fingerprint density at radius 1 is 1.10 bits per heavy atom. The van der Waals surface area contributed by atoms with Gasteiger partial charge < -0.3 is 9.80 Å². The first kappa shape index (κ1) is 19.0. The van der Waals surface area contributed by atoms with Crippen LogP contribution in [0.25, 0.3) is 11.0 Å². The van der Waals surface area contributed by atoms with Gasteiger partial charge in [0.1, 0.15) is 11.6 Å². The van der Waals surface area contributed by atoms with Crippen LogP contribution >= 0.6 is 0 Å². The summed E-state index contributed by atoms with van der Waals surface area (Å²) in [5.74, 6) is 2.49. The number of nitrogens with zero attached hydrogens (tertiary/aromatic N) is 6. The van der Waals surface area contributed by atoms with Crippen LogP contribution in [-0.2, 0) is 24.8 Å². The number of aryl methyl sites for hydroxylation is 2. The molecule has 0 unspecified atom stereocenters. The van der Waals surface area contributed by atoms with Crippen molar-refractivity contribution in [2.45, 2.75) is 39.2 Å². The van der Waals surface area contributed by atoms with E-state index in [1.807, 2.05) is 25.1 Å². The number of carbonyl (C=O) groups excluding carboxylic acids is 1. The molecule has 0 saturated carbocycles. The van der Waals surface area contributed by atoms with Crippen molar-refractivity contribution >= 4 is 22.8 Å². The number of anilines is 1. The predicted octanol–water partition coefficient (Wildman–Crippen LogP) is 2.86. The SMILES string of the molecule is Cc1nc(N2CCC(CC(=O)N3CCc4ccccc4C3)CC2)c2cnn(C)c2n1. The second-order valence-electron chi connectivity index (χ2n) is 8.57. The van der Waals surface area contributed by atoms with Gasteiger partial charge in [-0.2, -0.15) is 5.10 Å². The summed E-state index contributed by atoms with van der Waals surface area (Å²) < 4.78 is 1.80. The molecule has 1 aromatic carbocycles. The van der Waals surface area contributed by atoms with E-state index in [0.717, 1.165) is 68.1 Å². The average molecular weight is 405 g/mol. The first-order chi connectivity index (χ1) is 14.6. The Balaban J connectivity index is 1.21. The van der Waals surface area contributed by atoms with Gasteiger partial charge in [0.05, 0.1) is 11.6 Å². The standard InChI is InChI=1S/C23H28N6O/c1-16-25-22-20(14-24-27(22)2)23(26-16)28-10-7-17(8-11-28)13-21(30)29-12-9-18-5-3-4-6-19(18)15-29/h3-6,14,17H,7-13,15H2,1-2H3. The van der Waals surface area contributed by atoms with E-state index < -0.39 is 0 Å². The van der Waals surface area contributed by atoms with Crippen LogP contribution in [0, 0.1) is 12.8 Å². The van der Waals surface area contributed by atoms with Crippen molar-refractivity contribution in [1.82, 2.24) is 24.6 Å². The molecule has 1 fully saturated rings. The highest BCUT2D eigenvalue weighted by Crippen LogP contribution is 2.30. The smallest absolute Gasteiger partial charge is 0.223 e. The Morgan fingerprint density at radius 3 is 2.67 bits per heavy atom. The summed E-state index contributed by atoms with van der Waals surface area (Å²) in [7, 11) is 1.91. The van der Waals surface area contributed by atoms with Crippen LogP contribution in [0.4, 0.5) is 5.82 Å². The van der Waals surface area contributed by atoms with Crippen molar-refractivity contribution in [3.05, 3.63) is 47.4 Å². The number of hydrogen-bond donors (Lipinski definition) is 0. The van der Waals surface area contributed by atoms with E-state index in [-0.39, 0.29) is 0 Å².